The highest BCUT2D eigenvalue weighted by Gasteiger charge is 2.28. The summed E-state index contributed by atoms with van der Waals surface area (Å²) in [5.74, 6) is -7.54. The molecule has 0 radical (unpaired) electrons. The van der Waals surface area contributed by atoms with Crippen LogP contribution in [0.2, 0.25) is 0 Å². The van der Waals surface area contributed by atoms with Crippen molar-refractivity contribution < 1.29 is 80.5 Å². The Morgan fingerprint density at radius 1 is 0.638 bits per heavy atom. The van der Waals surface area contributed by atoms with Crippen LogP contribution < -0.4 is 17.2 Å². The van der Waals surface area contributed by atoms with E-state index in [0.29, 0.717) is 11.1 Å². The third-order valence-electron chi connectivity index (χ3n) is 7.22. The Hall–Kier alpha value is -6.10. The number of benzene rings is 3. The van der Waals surface area contributed by atoms with Gasteiger partial charge in [0.25, 0.3) is 10.8 Å². The predicted octanol–water partition coefficient (Wildman–Crippen LogP) is 3.26. The summed E-state index contributed by atoms with van der Waals surface area (Å²) in [4.78, 5) is 59.9. The number of nitro benzene ring substituents is 2. The van der Waals surface area contributed by atoms with Crippen LogP contribution in [0.15, 0.2) is 60.7 Å². The zero-order valence-electron chi connectivity index (χ0n) is 29.9. The van der Waals surface area contributed by atoms with Gasteiger partial charge in [0.05, 0.1) is 9.85 Å². The molecule has 28 heteroatoms. The topological polar surface area (TPSA) is 414 Å². The summed E-state index contributed by atoms with van der Waals surface area (Å²) in [5, 5.41) is 60.8. The smallest absolute Gasteiger partial charge is 0.394 e. The molecule has 3 aromatic carbocycles. The van der Waals surface area contributed by atoms with E-state index >= 15 is 0 Å². The van der Waals surface area contributed by atoms with Crippen molar-refractivity contribution in [3.63, 3.8) is 0 Å². The lowest BCUT2D eigenvalue weighted by atomic mass is 9.92. The Morgan fingerprint density at radius 2 is 0.983 bits per heavy atom. The van der Waals surface area contributed by atoms with Crippen LogP contribution in [0.25, 0.3) is 0 Å². The van der Waals surface area contributed by atoms with Crippen molar-refractivity contribution in [1.82, 2.24) is 0 Å². The highest BCUT2D eigenvalue weighted by Crippen LogP contribution is 2.29. The number of nitro groups is 2. The fourth-order valence-electron chi connectivity index (χ4n) is 4.05. The normalized spacial score (nSPS) is 13.2. The molecule has 0 aliphatic heterocycles. The molecule has 23 nitrogen and oxygen atoms in total. The van der Waals surface area contributed by atoms with Gasteiger partial charge < -0.3 is 37.7 Å². The fourth-order valence-corrected chi connectivity index (χ4v) is 4.05. The number of hydrogen-bond donors (Lipinski definition) is 9. The molecule has 0 unspecified atom stereocenters. The van der Waals surface area contributed by atoms with E-state index in [1.807, 2.05) is 0 Å². The standard InChI is InChI=1S/2C10H11FN2O4.C10H12FNO2.ClH.HNO3.H2O4S/c1-5(9(12)10(14)15)7-4-6(11)2-3-8(7)13(16)17;1-5(9(12)10(14)15)6-2-3-8(13(16)17)7(11)4-6;1-6(9(12)10(13)14)7-3-2-4-8(11)5-7;;2-1(3)4;1-5(2,3)4/h2*2-5,9H,12H2,1H3,(H,14,15);2-6,9H,12H2,1H3,(H,13,14);1H;(H,2,3,4);(H2,1,2,3,4)/t2*5-,9+;6-,9+;;;/m000.../s1. The lowest BCUT2D eigenvalue weighted by molar-refractivity contribution is -0.742. The van der Waals surface area contributed by atoms with Crippen molar-refractivity contribution >= 4 is 52.1 Å². The van der Waals surface area contributed by atoms with Crippen LogP contribution in [-0.4, -0.2) is 89.0 Å². The van der Waals surface area contributed by atoms with Crippen molar-refractivity contribution in [3.05, 3.63) is 125 Å². The maximum Gasteiger partial charge on any atom is 0.394 e. The Labute approximate surface area is 331 Å². The van der Waals surface area contributed by atoms with Crippen molar-refractivity contribution in [2.45, 2.75) is 56.7 Å². The van der Waals surface area contributed by atoms with Gasteiger partial charge in [-0.15, -0.1) is 22.5 Å². The van der Waals surface area contributed by atoms with Crippen molar-refractivity contribution in [1.29, 1.82) is 0 Å². The zero-order valence-corrected chi connectivity index (χ0v) is 31.6. The summed E-state index contributed by atoms with van der Waals surface area (Å²) < 4.78 is 70.7. The van der Waals surface area contributed by atoms with Gasteiger partial charge in [0.1, 0.15) is 29.8 Å². The molecule has 0 aliphatic carbocycles. The molecular formula is C30H38ClF3N6O17S. The Morgan fingerprint density at radius 3 is 1.33 bits per heavy atom. The lowest BCUT2D eigenvalue weighted by Gasteiger charge is -2.16. The van der Waals surface area contributed by atoms with Gasteiger partial charge in [-0.3, -0.25) is 43.7 Å². The summed E-state index contributed by atoms with van der Waals surface area (Å²) >= 11 is 0. The van der Waals surface area contributed by atoms with Crippen LogP contribution in [0.3, 0.4) is 0 Å². The summed E-state index contributed by atoms with van der Waals surface area (Å²) in [5.41, 5.74) is 16.1. The molecule has 324 valence electrons. The molecule has 0 bridgehead atoms. The van der Waals surface area contributed by atoms with Gasteiger partial charge in [-0.25, -0.2) is 8.78 Å². The third kappa shape index (κ3) is 21.8. The fraction of sp³-hybridized carbons (Fsp3) is 0.300. The van der Waals surface area contributed by atoms with Crippen LogP contribution in [-0.2, 0) is 24.8 Å². The van der Waals surface area contributed by atoms with E-state index in [1.54, 1.807) is 13.0 Å². The van der Waals surface area contributed by atoms with E-state index in [4.69, 9.17) is 65.4 Å². The monoisotopic (exact) mass is 878 g/mol. The number of carboxylic acid groups (broad SMARTS) is 3. The molecule has 0 saturated heterocycles. The molecule has 0 saturated carbocycles. The first-order chi connectivity index (χ1) is 25.9. The van der Waals surface area contributed by atoms with Gasteiger partial charge >= 0.3 is 34.0 Å². The second-order valence-corrected chi connectivity index (χ2v) is 12.0. The first kappa shape index (κ1) is 56.2. The van der Waals surface area contributed by atoms with Crippen LogP contribution in [0.1, 0.15) is 55.2 Å². The minimum Gasteiger partial charge on any atom is -0.480 e. The molecule has 12 N–H and O–H groups in total. The number of halogens is 4. The maximum absolute atomic E-state index is 13.3. The lowest BCUT2D eigenvalue weighted by Crippen LogP contribution is -2.35. The summed E-state index contributed by atoms with van der Waals surface area (Å²) in [6.45, 7) is 4.58. The van der Waals surface area contributed by atoms with Gasteiger partial charge in [0, 0.05) is 35.4 Å². The molecule has 3 rings (SSSR count). The SMILES string of the molecule is C[C@@H](c1cc(F)ccc1[N+](=O)[O-])[C@@H](N)C(=O)O.C[C@@H](c1ccc([N+](=O)[O-])c(F)c1)[C@@H](N)C(=O)O.C[C@@H](c1cccc(F)c1)[C@@H](N)C(=O)O.Cl.O=S(=O)(O)O.O=[N+]([O-])O. The summed E-state index contributed by atoms with van der Waals surface area (Å²) in [6.07, 6.45) is 0. The minimum absolute atomic E-state index is 0. The number of hydrogen-bond acceptors (Lipinski definition) is 14. The highest BCUT2D eigenvalue weighted by atomic mass is 35.5. The van der Waals surface area contributed by atoms with Crippen molar-refractivity contribution in [3.8, 4) is 0 Å². The molecular weight excluding hydrogens is 841 g/mol. The van der Waals surface area contributed by atoms with Gasteiger partial charge in [0.15, 0.2) is 0 Å². The highest BCUT2D eigenvalue weighted by molar-refractivity contribution is 7.79. The van der Waals surface area contributed by atoms with E-state index in [1.165, 1.54) is 38.1 Å². The molecule has 0 heterocycles. The number of carboxylic acids is 3. The first-order valence-corrected chi connectivity index (χ1v) is 16.4. The minimum atomic E-state index is -4.67. The number of carbonyl (C=O) groups is 3. The van der Waals surface area contributed by atoms with E-state index in [2.05, 4.69) is 0 Å². The molecule has 6 atom stereocenters. The Bertz CT molecular complexity index is 1990. The second kappa shape index (κ2) is 25.9. The van der Waals surface area contributed by atoms with Crippen LogP contribution in [0, 0.1) is 47.8 Å². The van der Waals surface area contributed by atoms with Gasteiger partial charge in [-0.05, 0) is 41.5 Å². The molecule has 0 fully saturated rings. The first-order valence-electron chi connectivity index (χ1n) is 15.1. The number of rotatable bonds is 11. The molecule has 0 aliphatic rings. The second-order valence-electron chi connectivity index (χ2n) is 11.1. The van der Waals surface area contributed by atoms with Crippen LogP contribution >= 0.6 is 12.4 Å². The van der Waals surface area contributed by atoms with Gasteiger partial charge in [-0.1, -0.05) is 39.0 Å². The van der Waals surface area contributed by atoms with E-state index in [0.717, 1.165) is 30.3 Å². The average molecular weight is 879 g/mol. The largest absolute Gasteiger partial charge is 0.480 e. The molecule has 3 aromatic rings. The zero-order chi connectivity index (χ0) is 45.1. The van der Waals surface area contributed by atoms with Gasteiger partial charge in [-0.2, -0.15) is 12.8 Å². The third-order valence-corrected chi connectivity index (χ3v) is 7.22. The van der Waals surface area contributed by atoms with E-state index in [9.17, 15) is 47.8 Å². The summed E-state index contributed by atoms with van der Waals surface area (Å²) in [6, 6.07) is 8.41. The molecule has 0 aromatic heterocycles. The van der Waals surface area contributed by atoms with Crippen molar-refractivity contribution in [2.24, 2.45) is 17.2 Å². The van der Waals surface area contributed by atoms with Crippen LogP contribution in [0.5, 0.6) is 0 Å². The Kier molecular flexibility index (Phi) is 25.1. The molecule has 0 spiro atoms. The average Bonchev–Trinajstić information content (AvgIpc) is 3.08. The molecule has 58 heavy (non-hydrogen) atoms. The van der Waals surface area contributed by atoms with E-state index in [-0.39, 0.29) is 29.5 Å². The van der Waals surface area contributed by atoms with E-state index < -0.39 is 96.4 Å². The van der Waals surface area contributed by atoms with Crippen molar-refractivity contribution in [2.75, 3.05) is 0 Å². The quantitative estimate of drug-likeness (QED) is 0.0758. The number of nitrogens with zero attached hydrogens (tertiary/aromatic N) is 3. The number of nitrogens with two attached hydrogens (primary N) is 3. The number of aliphatic carboxylic acids is 3. The maximum atomic E-state index is 13.3. The van der Waals surface area contributed by atoms with Gasteiger partial charge in [0.2, 0.25) is 5.82 Å². The predicted molar refractivity (Wildman–Crippen MR) is 195 cm³/mol. The Balaban J connectivity index is -0.000000703. The van der Waals surface area contributed by atoms with Crippen LogP contribution in [0.4, 0.5) is 24.5 Å². The summed E-state index contributed by atoms with van der Waals surface area (Å²) in [7, 11) is -4.67. The molecule has 0 amide bonds.